The number of fused-ring (bicyclic) bond motifs is 1. The lowest BCUT2D eigenvalue weighted by Gasteiger charge is -2.15. The second kappa shape index (κ2) is 10.9. The topological polar surface area (TPSA) is 67.0 Å². The van der Waals surface area contributed by atoms with E-state index in [-0.39, 0.29) is 5.57 Å². The molecule has 0 fully saturated rings. The summed E-state index contributed by atoms with van der Waals surface area (Å²) in [6.45, 7) is 7.42. The number of hydrogen-bond acceptors (Lipinski definition) is 3. The summed E-state index contributed by atoms with van der Waals surface area (Å²) in [5, 5.41) is 13.2. The Morgan fingerprint density at radius 2 is 1.89 bits per heavy atom. The second-order valence-electron chi connectivity index (χ2n) is 8.97. The van der Waals surface area contributed by atoms with Gasteiger partial charge in [-0.25, -0.2) is 4.39 Å². The third kappa shape index (κ3) is 5.64. The molecule has 0 aliphatic heterocycles. The fourth-order valence-electron chi connectivity index (χ4n) is 4.11. The maximum atomic E-state index is 13.2. The molecule has 1 aromatic heterocycles. The minimum absolute atomic E-state index is 0.0418. The van der Waals surface area contributed by atoms with Crippen molar-refractivity contribution in [1.82, 2.24) is 4.57 Å². The van der Waals surface area contributed by atoms with Crippen LogP contribution >= 0.6 is 0 Å². The van der Waals surface area contributed by atoms with Gasteiger partial charge in [-0.2, -0.15) is 5.26 Å². The summed E-state index contributed by atoms with van der Waals surface area (Å²) in [5.74, 6) is 0.301. The highest BCUT2D eigenvalue weighted by Crippen LogP contribution is 2.28. The maximum absolute atomic E-state index is 13.2. The highest BCUT2D eigenvalue weighted by atomic mass is 19.1. The molecule has 0 radical (unpaired) electrons. The number of nitriles is 1. The standard InChI is InChI=1S/C30H28FN3O2/c1-20(2)26-13-8-21(3)16-29(26)36-15-14-34-19-23(27-6-4-5-7-28(27)34)17-22(18-32)30(35)33-25-11-9-24(31)10-12-25/h4-13,16-17,19-20H,14-15H2,1-3H3,(H,33,35)/b22-17+. The highest BCUT2D eigenvalue weighted by Gasteiger charge is 2.14. The van der Waals surface area contributed by atoms with E-state index in [9.17, 15) is 14.4 Å². The van der Waals surface area contributed by atoms with E-state index in [1.807, 2.05) is 43.5 Å². The number of ether oxygens (including phenoxy) is 1. The van der Waals surface area contributed by atoms with Gasteiger partial charge < -0.3 is 14.6 Å². The molecule has 0 atom stereocenters. The van der Waals surface area contributed by atoms with Crippen LogP contribution in [0.2, 0.25) is 0 Å². The second-order valence-corrected chi connectivity index (χ2v) is 8.97. The molecule has 3 aromatic carbocycles. The van der Waals surface area contributed by atoms with Crippen LogP contribution in [0.15, 0.2) is 78.5 Å². The van der Waals surface area contributed by atoms with Crippen LogP contribution < -0.4 is 10.1 Å². The lowest BCUT2D eigenvalue weighted by molar-refractivity contribution is -0.112. The van der Waals surface area contributed by atoms with E-state index < -0.39 is 11.7 Å². The van der Waals surface area contributed by atoms with Gasteiger partial charge in [0.2, 0.25) is 0 Å². The Kier molecular flexibility index (Phi) is 7.50. The molecular weight excluding hydrogens is 453 g/mol. The monoisotopic (exact) mass is 481 g/mol. The van der Waals surface area contributed by atoms with Crippen molar-refractivity contribution in [2.24, 2.45) is 0 Å². The summed E-state index contributed by atoms with van der Waals surface area (Å²) in [6, 6.07) is 21.5. The van der Waals surface area contributed by atoms with Crippen LogP contribution in [0.3, 0.4) is 0 Å². The van der Waals surface area contributed by atoms with Crippen molar-refractivity contribution in [1.29, 1.82) is 5.26 Å². The van der Waals surface area contributed by atoms with Crippen LogP contribution in [0.5, 0.6) is 5.75 Å². The van der Waals surface area contributed by atoms with Gasteiger partial charge in [-0.1, -0.05) is 44.2 Å². The Morgan fingerprint density at radius 3 is 2.61 bits per heavy atom. The molecule has 0 spiro atoms. The molecule has 6 heteroatoms. The molecule has 0 saturated heterocycles. The molecule has 4 rings (SSSR count). The fourth-order valence-corrected chi connectivity index (χ4v) is 4.11. The van der Waals surface area contributed by atoms with Crippen molar-refractivity contribution in [3.05, 3.63) is 101 Å². The van der Waals surface area contributed by atoms with E-state index in [0.717, 1.165) is 27.8 Å². The van der Waals surface area contributed by atoms with Gasteiger partial charge in [-0.3, -0.25) is 4.79 Å². The summed E-state index contributed by atoms with van der Waals surface area (Å²) < 4.78 is 21.4. The molecule has 5 nitrogen and oxygen atoms in total. The number of anilines is 1. The summed E-state index contributed by atoms with van der Waals surface area (Å²) in [4.78, 5) is 12.7. The van der Waals surface area contributed by atoms with Crippen LogP contribution in [-0.2, 0) is 11.3 Å². The SMILES string of the molecule is Cc1ccc(C(C)C)c(OCCn2cc(/C=C(\C#N)C(=O)Nc3ccc(F)cc3)c3ccccc32)c1. The Labute approximate surface area is 210 Å². The largest absolute Gasteiger partial charge is 0.491 e. The van der Waals surface area contributed by atoms with Crippen LogP contribution in [0, 0.1) is 24.1 Å². The van der Waals surface area contributed by atoms with E-state index in [0.29, 0.717) is 24.8 Å². The first-order valence-electron chi connectivity index (χ1n) is 11.9. The fraction of sp³-hybridized carbons (Fsp3) is 0.200. The molecule has 36 heavy (non-hydrogen) atoms. The average Bonchev–Trinajstić information content (AvgIpc) is 3.21. The van der Waals surface area contributed by atoms with Gasteiger partial charge in [0.25, 0.3) is 5.91 Å². The van der Waals surface area contributed by atoms with Crippen molar-refractivity contribution in [2.75, 3.05) is 11.9 Å². The first-order valence-corrected chi connectivity index (χ1v) is 11.9. The number of rotatable bonds is 8. The number of benzene rings is 3. The minimum Gasteiger partial charge on any atom is -0.491 e. The number of carbonyl (C=O) groups is 1. The number of nitrogens with one attached hydrogen (secondary N) is 1. The molecule has 1 amide bonds. The smallest absolute Gasteiger partial charge is 0.266 e. The molecule has 0 aliphatic rings. The van der Waals surface area contributed by atoms with Crippen LogP contribution in [0.4, 0.5) is 10.1 Å². The number of halogens is 1. The van der Waals surface area contributed by atoms with Gasteiger partial charge in [-0.15, -0.1) is 0 Å². The molecule has 0 bridgehead atoms. The van der Waals surface area contributed by atoms with Crippen molar-refractivity contribution in [3.63, 3.8) is 0 Å². The van der Waals surface area contributed by atoms with E-state index >= 15 is 0 Å². The first kappa shape index (κ1) is 24.7. The van der Waals surface area contributed by atoms with Crippen LogP contribution in [0.1, 0.15) is 36.5 Å². The summed E-state index contributed by atoms with van der Waals surface area (Å²) in [7, 11) is 0. The Bertz CT molecular complexity index is 1460. The summed E-state index contributed by atoms with van der Waals surface area (Å²) >= 11 is 0. The van der Waals surface area contributed by atoms with Crippen LogP contribution in [0.25, 0.3) is 17.0 Å². The van der Waals surface area contributed by atoms with E-state index in [1.54, 1.807) is 6.08 Å². The Morgan fingerprint density at radius 1 is 1.14 bits per heavy atom. The average molecular weight is 482 g/mol. The molecular formula is C30H28FN3O2. The van der Waals surface area contributed by atoms with Gasteiger partial charge in [0.1, 0.15) is 29.8 Å². The van der Waals surface area contributed by atoms with Crippen molar-refractivity contribution in [3.8, 4) is 11.8 Å². The lowest BCUT2D eigenvalue weighted by atomic mass is 10.0. The van der Waals surface area contributed by atoms with Crippen molar-refractivity contribution in [2.45, 2.75) is 33.2 Å². The Hall–Kier alpha value is -4.37. The quantitative estimate of drug-likeness (QED) is 0.221. The van der Waals surface area contributed by atoms with E-state index in [2.05, 4.69) is 41.9 Å². The number of aryl methyl sites for hydroxylation is 1. The molecule has 1 heterocycles. The third-order valence-corrected chi connectivity index (χ3v) is 5.97. The van der Waals surface area contributed by atoms with E-state index in [4.69, 9.17) is 4.74 Å². The highest BCUT2D eigenvalue weighted by molar-refractivity contribution is 6.10. The minimum atomic E-state index is -0.551. The number of aromatic nitrogens is 1. The van der Waals surface area contributed by atoms with Gasteiger partial charge >= 0.3 is 0 Å². The van der Waals surface area contributed by atoms with Gasteiger partial charge in [0, 0.05) is 28.4 Å². The van der Waals surface area contributed by atoms with Gasteiger partial charge in [-0.05, 0) is 66.4 Å². The maximum Gasteiger partial charge on any atom is 0.266 e. The molecule has 1 N–H and O–H groups in total. The number of hydrogen-bond donors (Lipinski definition) is 1. The zero-order chi connectivity index (χ0) is 25.7. The zero-order valence-electron chi connectivity index (χ0n) is 20.6. The zero-order valence-corrected chi connectivity index (χ0v) is 20.6. The van der Waals surface area contributed by atoms with E-state index in [1.165, 1.54) is 29.8 Å². The molecule has 0 saturated carbocycles. The number of amides is 1. The molecule has 4 aromatic rings. The number of para-hydroxylation sites is 1. The Balaban J connectivity index is 1.56. The predicted octanol–water partition coefficient (Wildman–Crippen LogP) is 6.84. The van der Waals surface area contributed by atoms with Gasteiger partial charge in [0.05, 0.1) is 6.54 Å². The van der Waals surface area contributed by atoms with Crippen molar-refractivity contribution >= 4 is 28.6 Å². The summed E-state index contributed by atoms with van der Waals surface area (Å²) in [5.41, 5.74) is 4.44. The van der Waals surface area contributed by atoms with Crippen molar-refractivity contribution < 1.29 is 13.9 Å². The molecule has 182 valence electrons. The van der Waals surface area contributed by atoms with Gasteiger partial charge in [0.15, 0.2) is 0 Å². The first-order chi connectivity index (χ1) is 17.4. The summed E-state index contributed by atoms with van der Waals surface area (Å²) in [6.07, 6.45) is 3.51. The molecule has 0 unspecified atom stereocenters. The van der Waals surface area contributed by atoms with Crippen LogP contribution in [-0.4, -0.2) is 17.1 Å². The number of carbonyl (C=O) groups excluding carboxylic acids is 1. The molecule has 0 aliphatic carbocycles. The normalized spacial score (nSPS) is 11.5. The lowest BCUT2D eigenvalue weighted by Crippen LogP contribution is -2.13. The third-order valence-electron chi connectivity index (χ3n) is 5.97. The number of nitrogens with zero attached hydrogens (tertiary/aromatic N) is 2. The predicted molar refractivity (Wildman–Crippen MR) is 141 cm³/mol.